The third-order valence-corrected chi connectivity index (χ3v) is 4.35. The highest BCUT2D eigenvalue weighted by molar-refractivity contribution is 7.90. The maximum absolute atomic E-state index is 12.1. The molecule has 0 amide bonds. The lowest BCUT2D eigenvalue weighted by atomic mass is 10.1. The van der Waals surface area contributed by atoms with Crippen molar-refractivity contribution in [2.75, 3.05) is 11.9 Å². The Hall–Kier alpha value is -2.13. The first-order chi connectivity index (χ1) is 9.87. The highest BCUT2D eigenvalue weighted by Gasteiger charge is 2.28. The van der Waals surface area contributed by atoms with E-state index in [-0.39, 0.29) is 10.9 Å². The minimum absolute atomic E-state index is 0.0803. The van der Waals surface area contributed by atoms with Gasteiger partial charge in [0.1, 0.15) is 4.90 Å². The molecule has 21 heavy (non-hydrogen) atoms. The number of carbonyl (C=O) groups is 1. The molecule has 1 aliphatic rings. The van der Waals surface area contributed by atoms with Crippen LogP contribution < -0.4 is 10.0 Å². The minimum atomic E-state index is -3.82. The van der Waals surface area contributed by atoms with Crippen LogP contribution in [0.4, 0.5) is 5.69 Å². The molecule has 8 nitrogen and oxygen atoms in total. The zero-order valence-electron chi connectivity index (χ0n) is 11.2. The molecule has 0 aliphatic carbocycles. The monoisotopic (exact) mass is 313 g/mol. The molecule has 2 rings (SSSR count). The number of guanidine groups is 1. The minimum Gasteiger partial charge on any atom is -0.480 e. The average Bonchev–Trinajstić information content (AvgIpc) is 2.43. The lowest BCUT2D eigenvalue weighted by Crippen LogP contribution is -2.42. The molecule has 0 aromatic heterocycles. The van der Waals surface area contributed by atoms with Crippen molar-refractivity contribution in [1.82, 2.24) is 4.72 Å². The SMILES string of the molecule is CCc1ccc2c(c1)S(=O)(=O)NC(=NC(CO)C(=O)O)N2. The van der Waals surface area contributed by atoms with Crippen LogP contribution in [0.1, 0.15) is 12.5 Å². The summed E-state index contributed by atoms with van der Waals surface area (Å²) in [5.41, 5.74) is 1.17. The first-order valence-electron chi connectivity index (χ1n) is 6.21. The van der Waals surface area contributed by atoms with E-state index in [0.717, 1.165) is 5.56 Å². The van der Waals surface area contributed by atoms with Crippen molar-refractivity contribution in [3.8, 4) is 0 Å². The number of carboxylic acid groups (broad SMARTS) is 1. The fraction of sp³-hybridized carbons (Fsp3) is 0.333. The van der Waals surface area contributed by atoms with Gasteiger partial charge in [-0.2, -0.15) is 0 Å². The Bertz CT molecular complexity index is 699. The van der Waals surface area contributed by atoms with Crippen LogP contribution in [0, 0.1) is 0 Å². The van der Waals surface area contributed by atoms with E-state index in [0.29, 0.717) is 12.1 Å². The van der Waals surface area contributed by atoms with E-state index in [1.807, 2.05) is 6.92 Å². The number of aliphatic carboxylic acids is 1. The van der Waals surface area contributed by atoms with Crippen LogP contribution in [0.25, 0.3) is 0 Å². The Kier molecular flexibility index (Phi) is 4.14. The van der Waals surface area contributed by atoms with Crippen molar-refractivity contribution in [2.24, 2.45) is 4.99 Å². The van der Waals surface area contributed by atoms with Crippen molar-refractivity contribution in [1.29, 1.82) is 0 Å². The van der Waals surface area contributed by atoms with Gasteiger partial charge in [-0.3, -0.25) is 0 Å². The van der Waals surface area contributed by atoms with Gasteiger partial charge in [-0.05, 0) is 24.1 Å². The van der Waals surface area contributed by atoms with Gasteiger partial charge in [0.15, 0.2) is 6.04 Å². The smallest absolute Gasteiger partial charge is 0.330 e. The van der Waals surface area contributed by atoms with Gasteiger partial charge < -0.3 is 15.5 Å². The van der Waals surface area contributed by atoms with Crippen molar-refractivity contribution in [2.45, 2.75) is 24.3 Å². The predicted molar refractivity (Wildman–Crippen MR) is 75.7 cm³/mol. The summed E-state index contributed by atoms with van der Waals surface area (Å²) in [5, 5.41) is 20.5. The molecule has 0 spiro atoms. The fourth-order valence-corrected chi connectivity index (χ4v) is 3.02. The second-order valence-electron chi connectivity index (χ2n) is 4.43. The Labute approximate surface area is 121 Å². The van der Waals surface area contributed by atoms with E-state index in [1.165, 1.54) is 0 Å². The van der Waals surface area contributed by atoms with Crippen molar-refractivity contribution >= 4 is 27.6 Å². The van der Waals surface area contributed by atoms with Crippen LogP contribution in [0.15, 0.2) is 28.1 Å². The highest BCUT2D eigenvalue weighted by Crippen LogP contribution is 2.26. The number of sulfonamides is 1. The number of hydrogen-bond donors (Lipinski definition) is 4. The van der Waals surface area contributed by atoms with Gasteiger partial charge in [-0.25, -0.2) is 22.9 Å². The summed E-state index contributed by atoms with van der Waals surface area (Å²) in [5.74, 6) is -1.58. The van der Waals surface area contributed by atoms with Crippen molar-refractivity contribution in [3.05, 3.63) is 23.8 Å². The lowest BCUT2D eigenvalue weighted by molar-refractivity contribution is -0.139. The standard InChI is InChI=1S/C12H15N3O5S/c1-2-7-3-4-8-10(5-7)21(19,20)15-12(13-8)14-9(6-16)11(17)18/h3-5,9,16H,2,6H2,1H3,(H,17,18)(H2,13,14,15). The van der Waals surface area contributed by atoms with Crippen molar-refractivity contribution < 1.29 is 23.4 Å². The second kappa shape index (κ2) is 5.70. The molecule has 114 valence electrons. The Morgan fingerprint density at radius 1 is 1.43 bits per heavy atom. The maximum atomic E-state index is 12.1. The van der Waals surface area contributed by atoms with Crippen molar-refractivity contribution in [3.63, 3.8) is 0 Å². The quantitative estimate of drug-likeness (QED) is 0.607. The number of hydrogen-bond acceptors (Lipinski definition) is 5. The third kappa shape index (κ3) is 3.14. The number of nitrogens with one attached hydrogen (secondary N) is 2. The van der Waals surface area contributed by atoms with Crippen LogP contribution in [0.3, 0.4) is 0 Å². The van der Waals surface area contributed by atoms with Crippen LogP contribution in [0.2, 0.25) is 0 Å². The molecule has 1 aromatic rings. The number of aliphatic imine (C=N–C) groups is 1. The van der Waals surface area contributed by atoms with E-state index in [9.17, 15) is 13.2 Å². The van der Waals surface area contributed by atoms with E-state index in [2.05, 4.69) is 15.0 Å². The molecule has 1 heterocycles. The molecule has 0 bridgehead atoms. The number of aryl methyl sites for hydroxylation is 1. The van der Waals surface area contributed by atoms with Gasteiger partial charge in [0.25, 0.3) is 10.0 Å². The number of aliphatic hydroxyl groups excluding tert-OH is 1. The number of benzene rings is 1. The zero-order chi connectivity index (χ0) is 15.6. The zero-order valence-corrected chi connectivity index (χ0v) is 12.0. The molecule has 0 radical (unpaired) electrons. The topological polar surface area (TPSA) is 128 Å². The molecule has 1 aliphatic heterocycles. The molecular weight excluding hydrogens is 298 g/mol. The van der Waals surface area contributed by atoms with Gasteiger partial charge in [0.2, 0.25) is 5.96 Å². The van der Waals surface area contributed by atoms with Crippen LogP contribution in [-0.4, -0.2) is 43.2 Å². The predicted octanol–water partition coefficient (Wildman–Crippen LogP) is -0.246. The summed E-state index contributed by atoms with van der Waals surface area (Å²) in [4.78, 5) is 14.6. The summed E-state index contributed by atoms with van der Waals surface area (Å²) in [6, 6.07) is 3.47. The van der Waals surface area contributed by atoms with Gasteiger partial charge in [0, 0.05) is 0 Å². The number of fused-ring (bicyclic) bond motifs is 1. The van der Waals surface area contributed by atoms with Crippen LogP contribution in [-0.2, 0) is 21.2 Å². The third-order valence-electron chi connectivity index (χ3n) is 2.97. The molecule has 4 N–H and O–H groups in total. The first-order valence-corrected chi connectivity index (χ1v) is 7.70. The normalized spacial score (nSPS) is 19.2. The second-order valence-corrected chi connectivity index (χ2v) is 6.08. The molecular formula is C12H15N3O5S. The Morgan fingerprint density at radius 2 is 2.14 bits per heavy atom. The Balaban J connectivity index is 2.42. The number of carboxylic acids is 1. The van der Waals surface area contributed by atoms with E-state index in [4.69, 9.17) is 10.2 Å². The summed E-state index contributed by atoms with van der Waals surface area (Å²) >= 11 is 0. The molecule has 1 unspecified atom stereocenters. The molecule has 0 fully saturated rings. The molecule has 1 atom stereocenters. The largest absolute Gasteiger partial charge is 0.480 e. The molecule has 9 heteroatoms. The summed E-state index contributed by atoms with van der Waals surface area (Å²) in [7, 11) is -3.82. The summed E-state index contributed by atoms with van der Waals surface area (Å²) < 4.78 is 26.5. The Morgan fingerprint density at radius 3 is 2.71 bits per heavy atom. The van der Waals surface area contributed by atoms with Crippen LogP contribution in [0.5, 0.6) is 0 Å². The van der Waals surface area contributed by atoms with Gasteiger partial charge in [-0.15, -0.1) is 0 Å². The highest BCUT2D eigenvalue weighted by atomic mass is 32.2. The summed E-state index contributed by atoms with van der Waals surface area (Å²) in [6.45, 7) is 1.17. The van der Waals surface area contributed by atoms with E-state index < -0.39 is 28.6 Å². The fourth-order valence-electron chi connectivity index (χ4n) is 1.84. The van der Waals surface area contributed by atoms with Gasteiger partial charge in [0.05, 0.1) is 12.3 Å². The number of aliphatic hydroxyl groups is 1. The number of nitrogens with zero attached hydrogens (tertiary/aromatic N) is 1. The van der Waals surface area contributed by atoms with E-state index >= 15 is 0 Å². The van der Waals surface area contributed by atoms with Crippen LogP contribution >= 0.6 is 0 Å². The molecule has 1 aromatic carbocycles. The number of rotatable bonds is 4. The first kappa shape index (κ1) is 15.3. The van der Waals surface area contributed by atoms with Gasteiger partial charge >= 0.3 is 5.97 Å². The van der Waals surface area contributed by atoms with E-state index in [1.54, 1.807) is 18.2 Å². The lowest BCUT2D eigenvalue weighted by Gasteiger charge is -2.22. The average molecular weight is 313 g/mol. The molecule has 0 saturated carbocycles. The molecule has 0 saturated heterocycles. The maximum Gasteiger partial charge on any atom is 0.330 e. The van der Waals surface area contributed by atoms with Gasteiger partial charge in [-0.1, -0.05) is 13.0 Å². The summed E-state index contributed by atoms with van der Waals surface area (Å²) in [6.07, 6.45) is 0.690. The number of anilines is 1.